The molecule has 2 rings (SSSR count). The van der Waals surface area contributed by atoms with Gasteiger partial charge in [0.2, 0.25) is 0 Å². The van der Waals surface area contributed by atoms with Crippen molar-refractivity contribution in [3.05, 3.63) is 34.9 Å². The number of hydrogen-bond donors (Lipinski definition) is 1. The third-order valence-electron chi connectivity index (χ3n) is 2.66. The summed E-state index contributed by atoms with van der Waals surface area (Å²) in [4.78, 5) is 11.6. The third-order valence-corrected chi connectivity index (χ3v) is 2.90. The highest BCUT2D eigenvalue weighted by atomic mass is 35.5. The summed E-state index contributed by atoms with van der Waals surface area (Å²) in [7, 11) is 0. The molecule has 1 saturated heterocycles. The monoisotopic (exact) mass is 239 g/mol. The molecule has 0 aromatic heterocycles. The Kier molecular flexibility index (Phi) is 3.80. The van der Waals surface area contributed by atoms with Gasteiger partial charge in [-0.15, -0.1) is 0 Å². The zero-order valence-corrected chi connectivity index (χ0v) is 9.67. The van der Waals surface area contributed by atoms with Crippen LogP contribution in [-0.4, -0.2) is 19.1 Å². The number of ether oxygens (including phenoxy) is 1. The summed E-state index contributed by atoms with van der Waals surface area (Å²) >= 11 is 5.84. The minimum Gasteiger partial charge on any atom is -0.461 e. The maximum atomic E-state index is 11.6. The number of nitrogens with one attached hydrogen (secondary N) is 1. The molecular formula is C12H14ClNO2. The van der Waals surface area contributed by atoms with E-state index in [0.29, 0.717) is 11.6 Å². The van der Waals surface area contributed by atoms with E-state index in [4.69, 9.17) is 16.3 Å². The van der Waals surface area contributed by atoms with Gasteiger partial charge in [-0.1, -0.05) is 23.7 Å². The molecule has 0 saturated carbocycles. The summed E-state index contributed by atoms with van der Waals surface area (Å²) in [6.07, 6.45) is 0.869. The van der Waals surface area contributed by atoms with Crippen molar-refractivity contribution in [3.63, 3.8) is 0 Å². The summed E-state index contributed by atoms with van der Waals surface area (Å²) < 4.78 is 5.23. The minimum absolute atomic E-state index is 0.0131. The van der Waals surface area contributed by atoms with Crippen LogP contribution in [0.4, 0.5) is 0 Å². The van der Waals surface area contributed by atoms with Crippen molar-refractivity contribution in [3.8, 4) is 0 Å². The molecule has 1 unspecified atom stereocenters. The fraction of sp³-hybridized carbons (Fsp3) is 0.417. The summed E-state index contributed by atoms with van der Waals surface area (Å²) in [5.74, 6) is -0.107. The predicted octanol–water partition coefficient (Wildman–Crippen LogP) is 1.99. The van der Waals surface area contributed by atoms with Gasteiger partial charge in [-0.25, -0.2) is 0 Å². The Labute approximate surface area is 99.7 Å². The Hall–Kier alpha value is -1.06. The van der Waals surface area contributed by atoms with Crippen molar-refractivity contribution in [2.45, 2.75) is 13.0 Å². The number of esters is 1. The quantitative estimate of drug-likeness (QED) is 0.820. The molecule has 0 radical (unpaired) electrons. The lowest BCUT2D eigenvalue weighted by Gasteiger charge is -2.09. The summed E-state index contributed by atoms with van der Waals surface area (Å²) in [6.45, 7) is 1.93. The average Bonchev–Trinajstić information content (AvgIpc) is 2.79. The minimum atomic E-state index is -0.120. The maximum absolute atomic E-state index is 11.6. The van der Waals surface area contributed by atoms with Gasteiger partial charge in [0.05, 0.1) is 5.92 Å². The second kappa shape index (κ2) is 5.32. The number of hydrogen-bond acceptors (Lipinski definition) is 3. The SMILES string of the molecule is O=C(OCc1cccc(Cl)c1)C1CCNC1. The van der Waals surface area contributed by atoms with Crippen LogP contribution < -0.4 is 5.32 Å². The highest BCUT2D eigenvalue weighted by Gasteiger charge is 2.23. The highest BCUT2D eigenvalue weighted by molar-refractivity contribution is 6.30. The normalized spacial score (nSPS) is 19.7. The molecule has 1 atom stereocenters. The Balaban J connectivity index is 1.84. The summed E-state index contributed by atoms with van der Waals surface area (Å²) in [6, 6.07) is 7.35. The molecule has 1 heterocycles. The van der Waals surface area contributed by atoms with Crippen LogP contribution in [0.25, 0.3) is 0 Å². The fourth-order valence-corrected chi connectivity index (χ4v) is 1.97. The molecule has 86 valence electrons. The van der Waals surface area contributed by atoms with Crippen molar-refractivity contribution < 1.29 is 9.53 Å². The lowest BCUT2D eigenvalue weighted by molar-refractivity contribution is -0.149. The van der Waals surface area contributed by atoms with Crippen molar-refractivity contribution in [1.29, 1.82) is 0 Å². The molecular weight excluding hydrogens is 226 g/mol. The van der Waals surface area contributed by atoms with Crippen molar-refractivity contribution in [2.75, 3.05) is 13.1 Å². The van der Waals surface area contributed by atoms with Crippen LogP contribution in [0.1, 0.15) is 12.0 Å². The first-order valence-corrected chi connectivity index (χ1v) is 5.75. The largest absolute Gasteiger partial charge is 0.461 e. The smallest absolute Gasteiger partial charge is 0.310 e. The van der Waals surface area contributed by atoms with Gasteiger partial charge in [0.15, 0.2) is 0 Å². The fourth-order valence-electron chi connectivity index (χ4n) is 1.75. The van der Waals surface area contributed by atoms with Gasteiger partial charge in [-0.3, -0.25) is 4.79 Å². The van der Waals surface area contributed by atoms with Crippen LogP contribution in [-0.2, 0) is 16.1 Å². The van der Waals surface area contributed by atoms with E-state index >= 15 is 0 Å². The van der Waals surface area contributed by atoms with E-state index in [9.17, 15) is 4.79 Å². The van der Waals surface area contributed by atoms with Gasteiger partial charge in [0.1, 0.15) is 6.61 Å². The second-order valence-electron chi connectivity index (χ2n) is 3.93. The first-order valence-electron chi connectivity index (χ1n) is 5.37. The van der Waals surface area contributed by atoms with Gasteiger partial charge in [-0.05, 0) is 30.7 Å². The van der Waals surface area contributed by atoms with Gasteiger partial charge >= 0.3 is 5.97 Å². The molecule has 1 aliphatic rings. The summed E-state index contributed by atoms with van der Waals surface area (Å²) in [5, 5.41) is 3.80. The van der Waals surface area contributed by atoms with Gasteiger partial charge < -0.3 is 10.1 Å². The molecule has 1 aromatic carbocycles. The van der Waals surface area contributed by atoms with Crippen molar-refractivity contribution in [2.24, 2.45) is 5.92 Å². The number of halogens is 1. The van der Waals surface area contributed by atoms with Gasteiger partial charge in [0.25, 0.3) is 0 Å². The van der Waals surface area contributed by atoms with E-state index in [1.165, 1.54) is 0 Å². The summed E-state index contributed by atoms with van der Waals surface area (Å²) in [5.41, 5.74) is 0.923. The number of carbonyl (C=O) groups is 1. The van der Waals surface area contributed by atoms with E-state index < -0.39 is 0 Å². The molecule has 0 spiro atoms. The Morgan fingerprint density at radius 3 is 3.12 bits per heavy atom. The van der Waals surface area contributed by atoms with E-state index in [2.05, 4.69) is 5.32 Å². The molecule has 4 heteroatoms. The molecule has 16 heavy (non-hydrogen) atoms. The number of carbonyl (C=O) groups excluding carboxylic acids is 1. The third kappa shape index (κ3) is 2.97. The molecule has 1 aromatic rings. The van der Waals surface area contributed by atoms with Gasteiger partial charge in [-0.2, -0.15) is 0 Å². The van der Waals surface area contributed by atoms with Gasteiger partial charge in [0, 0.05) is 11.6 Å². The Morgan fingerprint density at radius 1 is 1.56 bits per heavy atom. The average molecular weight is 240 g/mol. The van der Waals surface area contributed by atoms with Crippen LogP contribution in [0, 0.1) is 5.92 Å². The zero-order valence-electron chi connectivity index (χ0n) is 8.91. The molecule has 1 aliphatic heterocycles. The second-order valence-corrected chi connectivity index (χ2v) is 4.36. The lowest BCUT2D eigenvalue weighted by Crippen LogP contribution is -2.20. The van der Waals surface area contributed by atoms with Crippen LogP contribution in [0.3, 0.4) is 0 Å². The standard InChI is InChI=1S/C12H14ClNO2/c13-11-3-1-2-9(6-11)8-16-12(15)10-4-5-14-7-10/h1-3,6,10,14H,4-5,7-8H2. The van der Waals surface area contributed by atoms with Crippen LogP contribution in [0.2, 0.25) is 5.02 Å². The first kappa shape index (κ1) is 11.4. The number of benzene rings is 1. The Bertz CT molecular complexity index is 375. The topological polar surface area (TPSA) is 38.3 Å². The zero-order chi connectivity index (χ0) is 11.4. The highest BCUT2D eigenvalue weighted by Crippen LogP contribution is 2.14. The first-order chi connectivity index (χ1) is 7.75. The Morgan fingerprint density at radius 2 is 2.44 bits per heavy atom. The molecule has 3 nitrogen and oxygen atoms in total. The van der Waals surface area contributed by atoms with Crippen molar-refractivity contribution >= 4 is 17.6 Å². The molecule has 1 fully saturated rings. The van der Waals surface area contributed by atoms with E-state index in [1.807, 2.05) is 18.2 Å². The number of rotatable bonds is 3. The molecule has 0 aliphatic carbocycles. The van der Waals surface area contributed by atoms with E-state index in [0.717, 1.165) is 25.1 Å². The van der Waals surface area contributed by atoms with Crippen LogP contribution in [0.5, 0.6) is 0 Å². The predicted molar refractivity (Wildman–Crippen MR) is 62.2 cm³/mol. The maximum Gasteiger partial charge on any atom is 0.310 e. The molecule has 0 bridgehead atoms. The lowest BCUT2D eigenvalue weighted by atomic mass is 10.1. The van der Waals surface area contributed by atoms with E-state index in [-0.39, 0.29) is 11.9 Å². The van der Waals surface area contributed by atoms with E-state index in [1.54, 1.807) is 6.07 Å². The molecule has 0 amide bonds. The van der Waals surface area contributed by atoms with Crippen LogP contribution in [0.15, 0.2) is 24.3 Å². The molecule has 1 N–H and O–H groups in total. The van der Waals surface area contributed by atoms with Crippen molar-refractivity contribution in [1.82, 2.24) is 5.32 Å². The van der Waals surface area contributed by atoms with Crippen LogP contribution >= 0.6 is 11.6 Å².